The van der Waals surface area contributed by atoms with Gasteiger partial charge >= 0.3 is 0 Å². The fraction of sp³-hybridized carbons (Fsp3) is 0.800. The van der Waals surface area contributed by atoms with Gasteiger partial charge in [-0.3, -0.25) is 0 Å². The molecule has 0 heterocycles. The van der Waals surface area contributed by atoms with Gasteiger partial charge in [-0.05, 0) is 0 Å². The number of alkyl halides is 1. The van der Waals surface area contributed by atoms with E-state index in [0.717, 1.165) is 0 Å². The van der Waals surface area contributed by atoms with Crippen LogP contribution in [-0.2, 0) is 9.47 Å². The first-order valence-corrected chi connectivity index (χ1v) is 2.88. The van der Waals surface area contributed by atoms with Crippen molar-refractivity contribution in [1.29, 1.82) is 0 Å². The summed E-state index contributed by atoms with van der Waals surface area (Å²) in [5, 5.41) is 0. The second-order valence-corrected chi connectivity index (χ2v) is 1.60. The van der Waals surface area contributed by atoms with Gasteiger partial charge in [-0.15, -0.1) is 11.6 Å². The van der Waals surface area contributed by atoms with Crippen molar-refractivity contribution in [1.82, 2.24) is 0 Å². The molecular formula is C5H10ClO2. The highest BCUT2D eigenvalue weighted by molar-refractivity contribution is 6.17. The molecule has 0 spiro atoms. The van der Waals surface area contributed by atoms with Gasteiger partial charge in [-0.1, -0.05) is 0 Å². The SMILES string of the molecule is CO[C](CCCl)OC. The Hall–Kier alpha value is 0.210. The Labute approximate surface area is 54.7 Å². The molecular weight excluding hydrogens is 128 g/mol. The molecule has 0 rings (SSSR count). The molecule has 0 aliphatic rings. The van der Waals surface area contributed by atoms with Crippen LogP contribution in [-0.4, -0.2) is 20.1 Å². The van der Waals surface area contributed by atoms with Gasteiger partial charge in [-0.2, -0.15) is 0 Å². The molecule has 0 aromatic rings. The minimum atomic E-state index is 0.539. The largest absolute Gasteiger partial charge is 0.349 e. The van der Waals surface area contributed by atoms with Crippen molar-refractivity contribution >= 4 is 11.6 Å². The summed E-state index contributed by atoms with van der Waals surface area (Å²) in [4.78, 5) is 0. The smallest absolute Gasteiger partial charge is 0.224 e. The zero-order valence-corrected chi connectivity index (χ0v) is 5.86. The third-order valence-corrected chi connectivity index (χ3v) is 0.943. The van der Waals surface area contributed by atoms with Crippen LogP contribution in [0, 0.1) is 6.29 Å². The fourth-order valence-electron chi connectivity index (χ4n) is 0.365. The highest BCUT2D eigenvalue weighted by Crippen LogP contribution is 2.06. The van der Waals surface area contributed by atoms with E-state index in [4.69, 9.17) is 21.1 Å². The molecule has 3 heteroatoms. The summed E-state index contributed by atoms with van der Waals surface area (Å²) in [6.07, 6.45) is 1.24. The molecule has 2 nitrogen and oxygen atoms in total. The van der Waals surface area contributed by atoms with Crippen LogP contribution in [0.1, 0.15) is 6.42 Å². The molecule has 0 saturated heterocycles. The number of halogens is 1. The average molecular weight is 138 g/mol. The van der Waals surface area contributed by atoms with E-state index in [2.05, 4.69) is 0 Å². The maximum atomic E-state index is 5.37. The van der Waals surface area contributed by atoms with E-state index in [-0.39, 0.29) is 0 Å². The fourth-order valence-corrected chi connectivity index (χ4v) is 0.519. The van der Waals surface area contributed by atoms with Gasteiger partial charge in [0.2, 0.25) is 6.29 Å². The molecule has 0 bridgehead atoms. The zero-order valence-electron chi connectivity index (χ0n) is 5.11. The Morgan fingerprint density at radius 1 is 1.38 bits per heavy atom. The van der Waals surface area contributed by atoms with Crippen molar-refractivity contribution < 1.29 is 9.47 Å². The lowest BCUT2D eigenvalue weighted by molar-refractivity contribution is 0.000781. The van der Waals surface area contributed by atoms with Gasteiger partial charge in [0.05, 0.1) is 0 Å². The van der Waals surface area contributed by atoms with E-state index in [1.165, 1.54) is 0 Å². The predicted octanol–water partition coefficient (Wildman–Crippen LogP) is 1.40. The second kappa shape index (κ2) is 5.35. The topological polar surface area (TPSA) is 18.5 Å². The van der Waals surface area contributed by atoms with E-state index < -0.39 is 0 Å². The minimum Gasteiger partial charge on any atom is -0.349 e. The van der Waals surface area contributed by atoms with Gasteiger partial charge in [0.25, 0.3) is 0 Å². The summed E-state index contributed by atoms with van der Waals surface area (Å²) in [5.74, 6) is 0.539. The van der Waals surface area contributed by atoms with Gasteiger partial charge < -0.3 is 9.47 Å². The Morgan fingerprint density at radius 2 is 1.88 bits per heavy atom. The summed E-state index contributed by atoms with van der Waals surface area (Å²) >= 11 is 5.37. The maximum absolute atomic E-state index is 5.37. The van der Waals surface area contributed by atoms with Crippen LogP contribution in [0.3, 0.4) is 0 Å². The van der Waals surface area contributed by atoms with E-state index in [0.29, 0.717) is 18.6 Å². The van der Waals surface area contributed by atoms with E-state index in [1.807, 2.05) is 0 Å². The highest BCUT2D eigenvalue weighted by atomic mass is 35.5. The lowest BCUT2D eigenvalue weighted by atomic mass is 10.5. The molecule has 0 aliphatic carbocycles. The van der Waals surface area contributed by atoms with E-state index in [1.54, 1.807) is 14.2 Å². The quantitative estimate of drug-likeness (QED) is 0.546. The molecule has 0 unspecified atom stereocenters. The van der Waals surface area contributed by atoms with Crippen molar-refractivity contribution in [3.8, 4) is 0 Å². The molecule has 0 aromatic carbocycles. The number of ether oxygens (including phenoxy) is 2. The Balaban J connectivity index is 3.07. The minimum absolute atomic E-state index is 0.539. The standard InChI is InChI=1S/C5H10ClO2/c1-7-5(8-2)3-4-6/h3-4H2,1-2H3. The lowest BCUT2D eigenvalue weighted by Crippen LogP contribution is -2.02. The molecule has 8 heavy (non-hydrogen) atoms. The van der Waals surface area contributed by atoms with Gasteiger partial charge in [0.15, 0.2) is 0 Å². The zero-order chi connectivity index (χ0) is 6.41. The Morgan fingerprint density at radius 3 is 2.00 bits per heavy atom. The first-order valence-electron chi connectivity index (χ1n) is 2.35. The Kier molecular flexibility index (Phi) is 5.49. The van der Waals surface area contributed by atoms with Crippen molar-refractivity contribution in [3.63, 3.8) is 0 Å². The third-order valence-electron chi connectivity index (χ3n) is 0.754. The summed E-state index contributed by atoms with van der Waals surface area (Å²) in [6.45, 7) is 0. The molecule has 0 amide bonds. The average Bonchev–Trinajstić information content (AvgIpc) is 1.83. The van der Waals surface area contributed by atoms with Crippen LogP contribution >= 0.6 is 11.6 Å². The molecule has 1 radical (unpaired) electrons. The summed E-state index contributed by atoms with van der Waals surface area (Å²) in [7, 11) is 3.12. The number of rotatable bonds is 4. The number of hydrogen-bond donors (Lipinski definition) is 0. The Bertz CT molecular complexity index is 45.7. The molecule has 0 aliphatic heterocycles. The molecule has 0 N–H and O–H groups in total. The van der Waals surface area contributed by atoms with Crippen LogP contribution < -0.4 is 0 Å². The molecule has 0 aromatic heterocycles. The van der Waals surface area contributed by atoms with E-state index in [9.17, 15) is 0 Å². The second-order valence-electron chi connectivity index (χ2n) is 1.22. The monoisotopic (exact) mass is 137 g/mol. The lowest BCUT2D eigenvalue weighted by Gasteiger charge is -2.07. The van der Waals surface area contributed by atoms with Crippen LogP contribution in [0.4, 0.5) is 0 Å². The molecule has 0 atom stereocenters. The number of methoxy groups -OCH3 is 2. The first-order chi connectivity index (χ1) is 3.85. The van der Waals surface area contributed by atoms with Crippen LogP contribution in [0.5, 0.6) is 0 Å². The van der Waals surface area contributed by atoms with Gasteiger partial charge in [-0.25, -0.2) is 0 Å². The number of hydrogen-bond acceptors (Lipinski definition) is 2. The van der Waals surface area contributed by atoms with Crippen LogP contribution in [0.25, 0.3) is 0 Å². The highest BCUT2D eigenvalue weighted by Gasteiger charge is 2.03. The van der Waals surface area contributed by atoms with Crippen molar-refractivity contribution in [2.75, 3.05) is 20.1 Å². The summed E-state index contributed by atoms with van der Waals surface area (Å²) in [5.41, 5.74) is 0. The summed E-state index contributed by atoms with van der Waals surface area (Å²) in [6, 6.07) is 0. The predicted molar refractivity (Wildman–Crippen MR) is 32.6 cm³/mol. The maximum Gasteiger partial charge on any atom is 0.224 e. The third kappa shape index (κ3) is 3.24. The van der Waals surface area contributed by atoms with Gasteiger partial charge in [0, 0.05) is 26.5 Å². The first kappa shape index (κ1) is 8.21. The molecule has 0 fully saturated rings. The molecule has 0 saturated carbocycles. The normalized spacial score (nSPS) is 10.5. The van der Waals surface area contributed by atoms with Gasteiger partial charge in [0.1, 0.15) is 0 Å². The van der Waals surface area contributed by atoms with Crippen LogP contribution in [0.2, 0.25) is 0 Å². The molecule has 49 valence electrons. The summed E-state index contributed by atoms with van der Waals surface area (Å²) < 4.78 is 9.50. The van der Waals surface area contributed by atoms with E-state index >= 15 is 0 Å². The van der Waals surface area contributed by atoms with Crippen LogP contribution in [0.15, 0.2) is 0 Å². The van der Waals surface area contributed by atoms with Crippen molar-refractivity contribution in [2.24, 2.45) is 0 Å². The van der Waals surface area contributed by atoms with Crippen molar-refractivity contribution in [3.05, 3.63) is 6.29 Å². The van der Waals surface area contributed by atoms with Crippen molar-refractivity contribution in [2.45, 2.75) is 6.42 Å².